The number of nitrogens with one attached hydrogen (secondary N) is 1. The average molecular weight is 295 g/mol. The predicted molar refractivity (Wildman–Crippen MR) is 90.5 cm³/mol. The van der Waals surface area contributed by atoms with Crippen molar-refractivity contribution < 1.29 is 5.11 Å². The molecule has 1 aliphatic rings. The molecule has 2 aromatic carbocycles. The third-order valence-corrected chi connectivity index (χ3v) is 4.49. The van der Waals surface area contributed by atoms with Crippen LogP contribution in [0.25, 0.3) is 0 Å². The lowest BCUT2D eigenvalue weighted by Gasteiger charge is -2.27. The summed E-state index contributed by atoms with van der Waals surface area (Å²) in [4.78, 5) is 0. The average Bonchev–Trinajstić information content (AvgIpc) is 3.42. The van der Waals surface area contributed by atoms with Crippen molar-refractivity contribution in [2.45, 2.75) is 37.8 Å². The van der Waals surface area contributed by atoms with Gasteiger partial charge in [-0.3, -0.25) is 0 Å². The zero-order valence-corrected chi connectivity index (χ0v) is 13.0. The lowest BCUT2D eigenvalue weighted by atomic mass is 9.96. The van der Waals surface area contributed by atoms with Gasteiger partial charge in [0.15, 0.2) is 0 Å². The molecule has 0 heterocycles. The summed E-state index contributed by atoms with van der Waals surface area (Å²) in [6.07, 6.45) is 4.43. The molecular weight excluding hydrogens is 270 g/mol. The van der Waals surface area contributed by atoms with Gasteiger partial charge in [-0.05, 0) is 42.7 Å². The Bertz CT molecular complexity index is 550. The highest BCUT2D eigenvalue weighted by molar-refractivity contribution is 5.24. The molecule has 0 radical (unpaired) electrons. The van der Waals surface area contributed by atoms with Crippen LogP contribution >= 0.6 is 0 Å². The molecule has 2 unspecified atom stereocenters. The molecule has 0 bridgehead atoms. The molecule has 2 heteroatoms. The Morgan fingerprint density at radius 2 is 1.50 bits per heavy atom. The number of benzene rings is 2. The van der Waals surface area contributed by atoms with Crippen LogP contribution in [0.15, 0.2) is 60.7 Å². The lowest BCUT2D eigenvalue weighted by molar-refractivity contribution is 0.269. The molecule has 2 aromatic rings. The van der Waals surface area contributed by atoms with Gasteiger partial charge in [0.05, 0.1) is 0 Å². The molecule has 2 atom stereocenters. The Morgan fingerprint density at radius 3 is 2.05 bits per heavy atom. The molecule has 0 aromatic heterocycles. The molecule has 0 saturated heterocycles. The number of hydrogen-bond donors (Lipinski definition) is 2. The summed E-state index contributed by atoms with van der Waals surface area (Å²) in [5.74, 6) is 0.753. The van der Waals surface area contributed by atoms with Crippen LogP contribution in [-0.4, -0.2) is 11.7 Å². The lowest BCUT2D eigenvalue weighted by Crippen LogP contribution is -2.28. The van der Waals surface area contributed by atoms with Crippen molar-refractivity contribution >= 4 is 0 Å². The fourth-order valence-electron chi connectivity index (χ4n) is 3.14. The SMILES string of the molecule is OCCCC(NC(c1ccccc1)C1CC1)c1ccccc1. The maximum atomic E-state index is 9.21. The molecule has 0 spiro atoms. The van der Waals surface area contributed by atoms with Crippen LogP contribution in [-0.2, 0) is 0 Å². The third-order valence-electron chi connectivity index (χ3n) is 4.49. The predicted octanol–water partition coefficient (Wildman–Crippen LogP) is 4.24. The van der Waals surface area contributed by atoms with Gasteiger partial charge in [0.1, 0.15) is 0 Å². The Hall–Kier alpha value is -1.64. The highest BCUT2D eigenvalue weighted by atomic mass is 16.2. The smallest absolute Gasteiger partial charge is 0.0431 e. The van der Waals surface area contributed by atoms with Gasteiger partial charge in [0, 0.05) is 18.7 Å². The minimum Gasteiger partial charge on any atom is -0.396 e. The van der Waals surface area contributed by atoms with E-state index in [0.29, 0.717) is 12.1 Å². The maximum Gasteiger partial charge on any atom is 0.0431 e. The molecular formula is C20H25NO. The Balaban J connectivity index is 1.78. The van der Waals surface area contributed by atoms with Crippen molar-refractivity contribution in [3.05, 3.63) is 71.8 Å². The van der Waals surface area contributed by atoms with Crippen molar-refractivity contribution in [1.82, 2.24) is 5.32 Å². The number of rotatable bonds is 8. The first-order valence-electron chi connectivity index (χ1n) is 8.35. The van der Waals surface area contributed by atoms with E-state index >= 15 is 0 Å². The summed E-state index contributed by atoms with van der Waals surface area (Å²) in [6.45, 7) is 0.254. The largest absolute Gasteiger partial charge is 0.396 e. The highest BCUT2D eigenvalue weighted by Crippen LogP contribution is 2.42. The van der Waals surface area contributed by atoms with Crippen LogP contribution in [0.4, 0.5) is 0 Å². The summed E-state index contributed by atoms with van der Waals surface area (Å²) in [5.41, 5.74) is 2.70. The van der Waals surface area contributed by atoms with Crippen LogP contribution < -0.4 is 5.32 Å². The van der Waals surface area contributed by atoms with Crippen LogP contribution in [0, 0.1) is 5.92 Å². The molecule has 0 aliphatic heterocycles. The van der Waals surface area contributed by atoms with Crippen molar-refractivity contribution in [3.8, 4) is 0 Å². The molecule has 22 heavy (non-hydrogen) atoms. The zero-order valence-electron chi connectivity index (χ0n) is 13.0. The first kappa shape index (κ1) is 15.3. The van der Waals surface area contributed by atoms with Gasteiger partial charge in [0.2, 0.25) is 0 Å². The van der Waals surface area contributed by atoms with Crippen LogP contribution in [0.3, 0.4) is 0 Å². The van der Waals surface area contributed by atoms with Crippen LogP contribution in [0.5, 0.6) is 0 Å². The van der Waals surface area contributed by atoms with Crippen LogP contribution in [0.1, 0.15) is 48.9 Å². The maximum absolute atomic E-state index is 9.21. The van der Waals surface area contributed by atoms with Gasteiger partial charge in [-0.2, -0.15) is 0 Å². The molecule has 0 amide bonds. The Labute approximate surface area is 133 Å². The minimum atomic E-state index is 0.254. The molecule has 116 valence electrons. The quantitative estimate of drug-likeness (QED) is 0.763. The van der Waals surface area contributed by atoms with E-state index in [-0.39, 0.29) is 6.61 Å². The second-order valence-corrected chi connectivity index (χ2v) is 6.22. The molecule has 1 aliphatic carbocycles. The van der Waals surface area contributed by atoms with Gasteiger partial charge in [-0.1, -0.05) is 60.7 Å². The zero-order chi connectivity index (χ0) is 15.2. The van der Waals surface area contributed by atoms with E-state index in [4.69, 9.17) is 0 Å². The fraction of sp³-hybridized carbons (Fsp3) is 0.400. The van der Waals surface area contributed by atoms with E-state index in [1.165, 1.54) is 24.0 Å². The Kier molecular flexibility index (Phi) is 5.25. The van der Waals surface area contributed by atoms with E-state index in [2.05, 4.69) is 66.0 Å². The minimum absolute atomic E-state index is 0.254. The normalized spacial score (nSPS) is 17.1. The second kappa shape index (κ2) is 7.57. The number of aliphatic hydroxyl groups is 1. The first-order chi connectivity index (χ1) is 10.9. The third kappa shape index (κ3) is 3.96. The monoisotopic (exact) mass is 295 g/mol. The van der Waals surface area contributed by atoms with E-state index in [1.807, 2.05) is 0 Å². The summed E-state index contributed by atoms with van der Waals surface area (Å²) in [6, 6.07) is 22.1. The van der Waals surface area contributed by atoms with Crippen molar-refractivity contribution in [3.63, 3.8) is 0 Å². The molecule has 1 fully saturated rings. The number of aliphatic hydroxyl groups excluding tert-OH is 1. The van der Waals surface area contributed by atoms with Crippen molar-refractivity contribution in [2.75, 3.05) is 6.61 Å². The van der Waals surface area contributed by atoms with Gasteiger partial charge in [-0.15, -0.1) is 0 Å². The first-order valence-corrected chi connectivity index (χ1v) is 8.35. The van der Waals surface area contributed by atoms with Gasteiger partial charge in [0.25, 0.3) is 0 Å². The summed E-state index contributed by atoms with van der Waals surface area (Å²) < 4.78 is 0. The molecule has 1 saturated carbocycles. The van der Waals surface area contributed by atoms with Crippen LogP contribution in [0.2, 0.25) is 0 Å². The molecule has 2 nitrogen and oxygen atoms in total. The highest BCUT2D eigenvalue weighted by Gasteiger charge is 2.33. The summed E-state index contributed by atoms with van der Waals surface area (Å²) in [7, 11) is 0. The topological polar surface area (TPSA) is 32.3 Å². The van der Waals surface area contributed by atoms with Gasteiger partial charge < -0.3 is 10.4 Å². The van der Waals surface area contributed by atoms with Crippen molar-refractivity contribution in [2.24, 2.45) is 5.92 Å². The Morgan fingerprint density at radius 1 is 0.909 bits per heavy atom. The van der Waals surface area contributed by atoms with E-state index in [0.717, 1.165) is 18.8 Å². The fourth-order valence-corrected chi connectivity index (χ4v) is 3.14. The van der Waals surface area contributed by atoms with Gasteiger partial charge >= 0.3 is 0 Å². The van der Waals surface area contributed by atoms with E-state index in [9.17, 15) is 5.11 Å². The summed E-state index contributed by atoms with van der Waals surface area (Å²) >= 11 is 0. The van der Waals surface area contributed by atoms with E-state index < -0.39 is 0 Å². The second-order valence-electron chi connectivity index (χ2n) is 6.22. The van der Waals surface area contributed by atoms with Crippen molar-refractivity contribution in [1.29, 1.82) is 0 Å². The van der Waals surface area contributed by atoms with Gasteiger partial charge in [-0.25, -0.2) is 0 Å². The number of hydrogen-bond acceptors (Lipinski definition) is 2. The summed E-state index contributed by atoms with van der Waals surface area (Å²) in [5, 5.41) is 13.1. The van der Waals surface area contributed by atoms with E-state index in [1.54, 1.807) is 0 Å². The molecule has 3 rings (SSSR count). The standard InChI is InChI=1S/C20H25NO/c22-15-7-12-19(16-8-3-1-4-9-16)21-20(18-13-14-18)17-10-5-2-6-11-17/h1-6,8-11,18-22H,7,12-15H2. The molecule has 2 N–H and O–H groups in total.